The Hall–Kier alpha value is -1.72. The molecule has 1 aromatic carbocycles. The molecule has 1 aliphatic carbocycles. The smallest absolute Gasteiger partial charge is 0.385 e. The molecule has 110 valence electrons. The van der Waals surface area contributed by atoms with E-state index in [0.29, 0.717) is 6.54 Å². The third kappa shape index (κ3) is 3.65. The molecular formula is C14H17F3N2O. The Balaban J connectivity index is 2.24. The lowest BCUT2D eigenvalue weighted by molar-refractivity contribution is -0.137. The fourth-order valence-corrected chi connectivity index (χ4v) is 1.83. The monoisotopic (exact) mass is 286 g/mol. The molecule has 2 N–H and O–H groups in total. The minimum atomic E-state index is -4.48. The van der Waals surface area contributed by atoms with E-state index >= 15 is 0 Å². The maximum Gasteiger partial charge on any atom is 0.418 e. The molecule has 1 fully saturated rings. The number of carbonyl (C=O) groups is 1. The van der Waals surface area contributed by atoms with Gasteiger partial charge in [0.05, 0.1) is 5.56 Å². The lowest BCUT2D eigenvalue weighted by atomic mass is 10.1. The van der Waals surface area contributed by atoms with Gasteiger partial charge in [0.1, 0.15) is 0 Å². The number of hydrogen-bond acceptors (Lipinski definition) is 2. The lowest BCUT2D eigenvalue weighted by Gasteiger charge is -2.15. The van der Waals surface area contributed by atoms with Crippen molar-refractivity contribution in [2.75, 3.05) is 11.9 Å². The van der Waals surface area contributed by atoms with Crippen LogP contribution in [0.3, 0.4) is 0 Å². The summed E-state index contributed by atoms with van der Waals surface area (Å²) in [7, 11) is 0. The highest BCUT2D eigenvalue weighted by molar-refractivity contribution is 5.95. The second-order valence-electron chi connectivity index (χ2n) is 4.93. The third-order valence-electron chi connectivity index (χ3n) is 3.07. The van der Waals surface area contributed by atoms with Crippen LogP contribution in [0.4, 0.5) is 18.9 Å². The van der Waals surface area contributed by atoms with Crippen LogP contribution in [-0.4, -0.2) is 18.5 Å². The molecule has 0 heterocycles. The Kier molecular flexibility index (Phi) is 4.20. The van der Waals surface area contributed by atoms with Crippen molar-refractivity contribution in [3.05, 3.63) is 29.3 Å². The number of nitrogens with one attached hydrogen (secondary N) is 2. The van der Waals surface area contributed by atoms with Crippen molar-refractivity contribution in [1.29, 1.82) is 0 Å². The second-order valence-corrected chi connectivity index (χ2v) is 4.93. The first kappa shape index (κ1) is 14.7. The first-order chi connectivity index (χ1) is 9.41. The molecule has 0 aromatic heterocycles. The summed E-state index contributed by atoms with van der Waals surface area (Å²) in [6.45, 7) is 2.33. The highest BCUT2D eigenvalue weighted by Crippen LogP contribution is 2.35. The van der Waals surface area contributed by atoms with Gasteiger partial charge < -0.3 is 10.6 Å². The average Bonchev–Trinajstić information content (AvgIpc) is 3.19. The van der Waals surface area contributed by atoms with E-state index in [4.69, 9.17) is 0 Å². The van der Waals surface area contributed by atoms with Crippen molar-refractivity contribution < 1.29 is 18.0 Å². The van der Waals surface area contributed by atoms with Crippen molar-refractivity contribution in [2.24, 2.45) is 0 Å². The number of alkyl halides is 3. The minimum absolute atomic E-state index is 0.0160. The predicted molar refractivity (Wildman–Crippen MR) is 70.7 cm³/mol. The molecule has 6 heteroatoms. The first-order valence-corrected chi connectivity index (χ1v) is 6.67. The molecule has 0 aliphatic heterocycles. The predicted octanol–water partition coefficient (Wildman–Crippen LogP) is 3.42. The first-order valence-electron chi connectivity index (χ1n) is 6.67. The SMILES string of the molecule is CCCNc1ccc(C(=O)NC2CC2)cc1C(F)(F)F. The van der Waals surface area contributed by atoms with Crippen LogP contribution in [0.15, 0.2) is 18.2 Å². The summed E-state index contributed by atoms with van der Waals surface area (Å²) in [5, 5.41) is 5.42. The standard InChI is InChI=1S/C14H17F3N2O/c1-2-7-18-12-6-3-9(8-11(12)14(15,16)17)13(20)19-10-4-5-10/h3,6,8,10,18H,2,4-5,7H2,1H3,(H,19,20). The Bertz CT molecular complexity index is 496. The van der Waals surface area contributed by atoms with Crippen LogP contribution >= 0.6 is 0 Å². The Morgan fingerprint density at radius 2 is 2.05 bits per heavy atom. The molecule has 0 unspecified atom stereocenters. The van der Waals surface area contributed by atoms with Gasteiger partial charge in [0.15, 0.2) is 0 Å². The molecule has 1 amide bonds. The molecule has 1 saturated carbocycles. The van der Waals surface area contributed by atoms with Crippen LogP contribution in [-0.2, 0) is 6.18 Å². The molecule has 0 bridgehead atoms. The van der Waals surface area contributed by atoms with E-state index in [1.54, 1.807) is 0 Å². The third-order valence-corrected chi connectivity index (χ3v) is 3.07. The molecule has 3 nitrogen and oxygen atoms in total. The summed E-state index contributed by atoms with van der Waals surface area (Å²) in [5.41, 5.74) is -0.733. The summed E-state index contributed by atoms with van der Waals surface area (Å²) in [6, 6.07) is 3.77. The van der Waals surface area contributed by atoms with Gasteiger partial charge in [-0.05, 0) is 37.5 Å². The van der Waals surface area contributed by atoms with E-state index in [9.17, 15) is 18.0 Å². The maximum absolute atomic E-state index is 13.0. The average molecular weight is 286 g/mol. The summed E-state index contributed by atoms with van der Waals surface area (Å²) in [4.78, 5) is 11.8. The number of hydrogen-bond donors (Lipinski definition) is 2. The largest absolute Gasteiger partial charge is 0.418 e. The van der Waals surface area contributed by atoms with Crippen LogP contribution in [0.25, 0.3) is 0 Å². The van der Waals surface area contributed by atoms with Gasteiger partial charge in [-0.25, -0.2) is 0 Å². The molecule has 20 heavy (non-hydrogen) atoms. The number of rotatable bonds is 5. The highest BCUT2D eigenvalue weighted by Gasteiger charge is 2.34. The van der Waals surface area contributed by atoms with Crippen LogP contribution in [0.5, 0.6) is 0 Å². The van der Waals surface area contributed by atoms with Gasteiger partial charge in [0.2, 0.25) is 0 Å². The molecule has 1 aromatic rings. The van der Waals surface area contributed by atoms with Gasteiger partial charge >= 0.3 is 6.18 Å². The van der Waals surface area contributed by atoms with Gasteiger partial charge in [-0.1, -0.05) is 6.92 Å². The molecule has 2 rings (SSSR count). The van der Waals surface area contributed by atoms with E-state index < -0.39 is 17.6 Å². The zero-order chi connectivity index (χ0) is 14.8. The van der Waals surface area contributed by atoms with Gasteiger partial charge in [-0.15, -0.1) is 0 Å². The van der Waals surface area contributed by atoms with Gasteiger partial charge in [-0.2, -0.15) is 13.2 Å². The van der Waals surface area contributed by atoms with E-state index in [-0.39, 0.29) is 17.3 Å². The lowest BCUT2D eigenvalue weighted by Crippen LogP contribution is -2.26. The number of carbonyl (C=O) groups excluding carboxylic acids is 1. The van der Waals surface area contributed by atoms with Crippen molar-refractivity contribution >= 4 is 11.6 Å². The zero-order valence-corrected chi connectivity index (χ0v) is 11.2. The normalized spacial score (nSPS) is 15.0. The molecular weight excluding hydrogens is 269 g/mol. The van der Waals surface area contributed by atoms with Crippen LogP contribution in [0.1, 0.15) is 42.1 Å². The number of amides is 1. The quantitative estimate of drug-likeness (QED) is 0.870. The fraction of sp³-hybridized carbons (Fsp3) is 0.500. The topological polar surface area (TPSA) is 41.1 Å². The summed E-state index contributed by atoms with van der Waals surface area (Å²) >= 11 is 0. The molecule has 1 aliphatic rings. The molecule has 0 saturated heterocycles. The molecule has 0 atom stereocenters. The summed E-state index contributed by atoms with van der Waals surface area (Å²) < 4.78 is 39.1. The van der Waals surface area contributed by atoms with Crippen molar-refractivity contribution in [3.8, 4) is 0 Å². The van der Waals surface area contributed by atoms with E-state index in [1.165, 1.54) is 12.1 Å². The second kappa shape index (κ2) is 5.73. The fourth-order valence-electron chi connectivity index (χ4n) is 1.83. The number of anilines is 1. The van der Waals surface area contributed by atoms with Gasteiger partial charge in [0, 0.05) is 23.8 Å². The van der Waals surface area contributed by atoms with E-state index in [0.717, 1.165) is 25.3 Å². The van der Waals surface area contributed by atoms with Crippen molar-refractivity contribution in [1.82, 2.24) is 5.32 Å². The van der Waals surface area contributed by atoms with Crippen molar-refractivity contribution in [3.63, 3.8) is 0 Å². The molecule has 0 spiro atoms. The van der Waals surface area contributed by atoms with E-state index in [1.807, 2.05) is 6.92 Å². The maximum atomic E-state index is 13.0. The van der Waals surface area contributed by atoms with Crippen LogP contribution < -0.4 is 10.6 Å². The minimum Gasteiger partial charge on any atom is -0.385 e. The van der Waals surface area contributed by atoms with E-state index in [2.05, 4.69) is 10.6 Å². The summed E-state index contributed by atoms with van der Waals surface area (Å²) in [5.74, 6) is -0.444. The summed E-state index contributed by atoms with van der Waals surface area (Å²) in [6.07, 6.45) is -1.96. The number of halogens is 3. The zero-order valence-electron chi connectivity index (χ0n) is 11.2. The number of benzene rings is 1. The van der Waals surface area contributed by atoms with Gasteiger partial charge in [-0.3, -0.25) is 4.79 Å². The Morgan fingerprint density at radius 3 is 2.60 bits per heavy atom. The highest BCUT2D eigenvalue weighted by atomic mass is 19.4. The van der Waals surface area contributed by atoms with Crippen LogP contribution in [0.2, 0.25) is 0 Å². The van der Waals surface area contributed by atoms with Crippen molar-refractivity contribution in [2.45, 2.75) is 38.4 Å². The van der Waals surface area contributed by atoms with Crippen LogP contribution in [0, 0.1) is 0 Å². The Morgan fingerprint density at radius 1 is 1.35 bits per heavy atom. The molecule has 0 radical (unpaired) electrons. The van der Waals surface area contributed by atoms with Gasteiger partial charge in [0.25, 0.3) is 5.91 Å². The Labute approximate surface area is 115 Å².